The van der Waals surface area contributed by atoms with Crippen LogP contribution in [0.25, 0.3) is 0 Å². The fraction of sp³-hybridized carbons (Fsp3) is 0.733. The van der Waals surface area contributed by atoms with Crippen molar-refractivity contribution in [2.24, 2.45) is 0 Å². The van der Waals surface area contributed by atoms with E-state index in [-0.39, 0.29) is 27.1 Å². The van der Waals surface area contributed by atoms with Gasteiger partial charge in [0, 0.05) is 0 Å². The molecule has 0 rings (SSSR count). The summed E-state index contributed by atoms with van der Waals surface area (Å²) >= 11 is 0.149. The number of ketones is 3. The Morgan fingerprint density at radius 3 is 1.21 bits per heavy atom. The molecule has 0 fully saturated rings. The van der Waals surface area contributed by atoms with Gasteiger partial charge in [-0.2, -0.15) is 0 Å². The van der Waals surface area contributed by atoms with Gasteiger partial charge in [0.15, 0.2) is 23.3 Å². The van der Waals surface area contributed by atoms with E-state index in [1.807, 2.05) is 0 Å². The number of Topliss-reactive ketones (excluding diaryl/α,β-unsaturated/α-hetero) is 3. The second-order valence-electron chi connectivity index (χ2n) is 4.50. The van der Waals surface area contributed by atoms with Crippen LogP contribution in [0.4, 0.5) is 0 Å². The van der Waals surface area contributed by atoms with Gasteiger partial charge < -0.3 is 0 Å². The van der Waals surface area contributed by atoms with Gasteiger partial charge in [-0.15, -0.1) is 0 Å². The van der Waals surface area contributed by atoms with Crippen LogP contribution in [-0.4, -0.2) is 38.5 Å². The van der Waals surface area contributed by atoms with Gasteiger partial charge in [0.2, 0.25) is 0 Å². The first-order chi connectivity index (χ1) is 8.88. The second kappa shape index (κ2) is 14.2. The maximum absolute atomic E-state index is 10.5. The average Bonchev–Trinajstić information content (AvgIpc) is 2.28. The summed E-state index contributed by atoms with van der Waals surface area (Å²) in [5.41, 5.74) is 0. The van der Waals surface area contributed by atoms with Gasteiger partial charge in [0.25, 0.3) is 0 Å². The molecule has 0 aromatic heterocycles. The van der Waals surface area contributed by atoms with Crippen LogP contribution < -0.4 is 0 Å². The van der Waals surface area contributed by atoms with E-state index in [0.29, 0.717) is 0 Å². The fourth-order valence-electron chi connectivity index (χ4n) is 1.47. The van der Waals surface area contributed by atoms with Crippen molar-refractivity contribution in [1.82, 2.24) is 0 Å². The van der Waals surface area contributed by atoms with Gasteiger partial charge in [0.1, 0.15) is 0 Å². The SMILES string of the molecule is CC(=O)[C](C(C)=O)C(C)=O.CCC[CH2][Sn][CH2]CCC. The van der Waals surface area contributed by atoms with Crippen molar-refractivity contribution in [2.75, 3.05) is 0 Å². The summed E-state index contributed by atoms with van der Waals surface area (Å²) in [6, 6.07) is 0. The van der Waals surface area contributed by atoms with Gasteiger partial charge in [-0.1, -0.05) is 0 Å². The zero-order valence-corrected chi connectivity index (χ0v) is 15.8. The molecule has 0 heterocycles. The number of hydrogen-bond donors (Lipinski definition) is 0. The van der Waals surface area contributed by atoms with Crippen LogP contribution in [0.2, 0.25) is 8.87 Å². The van der Waals surface area contributed by atoms with Crippen LogP contribution in [0.1, 0.15) is 60.3 Å². The van der Waals surface area contributed by atoms with E-state index < -0.39 is 17.3 Å². The quantitative estimate of drug-likeness (QED) is 0.353. The number of rotatable bonds is 9. The van der Waals surface area contributed by atoms with Gasteiger partial charge in [-0.05, 0) is 20.8 Å². The summed E-state index contributed by atoms with van der Waals surface area (Å²) in [4.78, 5) is 31.6. The monoisotopic (exact) mass is 375 g/mol. The van der Waals surface area contributed by atoms with E-state index in [1.165, 1.54) is 46.5 Å². The van der Waals surface area contributed by atoms with Gasteiger partial charge in [-0.3, -0.25) is 14.4 Å². The summed E-state index contributed by atoms with van der Waals surface area (Å²) in [5, 5.41) is 0. The van der Waals surface area contributed by atoms with Crippen LogP contribution in [0, 0.1) is 5.92 Å². The first-order valence-electron chi connectivity index (χ1n) is 6.98. The summed E-state index contributed by atoms with van der Waals surface area (Å²) in [5.74, 6) is -1.60. The third-order valence-corrected chi connectivity index (χ3v) is 6.51. The van der Waals surface area contributed by atoms with Crippen molar-refractivity contribution in [1.29, 1.82) is 0 Å². The molecular weight excluding hydrogens is 347 g/mol. The molecule has 0 aromatic rings. The predicted octanol–water partition coefficient (Wildman–Crippen LogP) is 3.46. The molecule has 0 aliphatic heterocycles. The standard InChI is InChI=1S/C7H9O3.2C4H9.Sn/c1-4(8)7(5(2)9)6(3)10;2*1-3-4-2;/h1-3H3;2*1,3-4H2,2H3;. The molecule has 0 bridgehead atoms. The molecule has 0 atom stereocenters. The van der Waals surface area contributed by atoms with Gasteiger partial charge >= 0.3 is 69.5 Å². The Labute approximate surface area is 128 Å². The van der Waals surface area contributed by atoms with E-state index in [2.05, 4.69) is 13.8 Å². The van der Waals surface area contributed by atoms with Crippen molar-refractivity contribution in [3.05, 3.63) is 5.92 Å². The first-order valence-corrected chi connectivity index (χ1v) is 11.0. The van der Waals surface area contributed by atoms with E-state index in [4.69, 9.17) is 0 Å². The molecule has 0 aliphatic carbocycles. The third kappa shape index (κ3) is 14.0. The predicted molar refractivity (Wildman–Crippen MR) is 80.5 cm³/mol. The van der Waals surface area contributed by atoms with E-state index in [1.54, 1.807) is 8.87 Å². The number of carbonyl (C=O) groups is 3. The number of carbonyl (C=O) groups excluding carboxylic acids is 3. The minimum atomic E-state index is -0.458. The van der Waals surface area contributed by atoms with Gasteiger partial charge in [-0.25, -0.2) is 0 Å². The molecule has 0 saturated heterocycles. The molecule has 3 nitrogen and oxygen atoms in total. The van der Waals surface area contributed by atoms with Crippen LogP contribution in [-0.2, 0) is 14.4 Å². The van der Waals surface area contributed by atoms with Gasteiger partial charge in [0.05, 0.1) is 0 Å². The van der Waals surface area contributed by atoms with Crippen LogP contribution in [0.3, 0.4) is 0 Å². The normalized spacial score (nSPS) is 9.79. The number of unbranched alkanes of at least 4 members (excludes halogenated alkanes) is 2. The fourth-order valence-corrected chi connectivity index (χ4v) is 5.63. The Morgan fingerprint density at radius 2 is 1.05 bits per heavy atom. The minimum absolute atomic E-state index is 0.149. The van der Waals surface area contributed by atoms with E-state index >= 15 is 0 Å². The van der Waals surface area contributed by atoms with Crippen molar-refractivity contribution < 1.29 is 14.4 Å². The molecule has 0 amide bonds. The summed E-state index contributed by atoms with van der Waals surface area (Å²) in [6.07, 6.45) is 5.84. The zero-order chi connectivity index (χ0) is 15.3. The van der Waals surface area contributed by atoms with Crippen molar-refractivity contribution in [3.8, 4) is 0 Å². The van der Waals surface area contributed by atoms with E-state index in [9.17, 15) is 14.4 Å². The molecule has 0 aromatic carbocycles. The summed E-state index contributed by atoms with van der Waals surface area (Å²) in [7, 11) is 0. The molecule has 3 radical (unpaired) electrons. The topological polar surface area (TPSA) is 51.2 Å². The molecule has 109 valence electrons. The molecule has 0 aliphatic rings. The summed E-state index contributed by atoms with van der Waals surface area (Å²) < 4.78 is 3.25. The van der Waals surface area contributed by atoms with E-state index in [0.717, 1.165) is 0 Å². The Hall–Kier alpha value is -0.191. The molecule has 0 unspecified atom stereocenters. The molecule has 0 saturated carbocycles. The van der Waals surface area contributed by atoms with Crippen molar-refractivity contribution in [2.45, 2.75) is 69.2 Å². The zero-order valence-electron chi connectivity index (χ0n) is 13.0. The maximum atomic E-state index is 10.5. The Morgan fingerprint density at radius 1 is 0.737 bits per heavy atom. The van der Waals surface area contributed by atoms with Crippen LogP contribution in [0.15, 0.2) is 0 Å². The molecular formula is C15H27O3Sn. The first kappa shape index (κ1) is 21.1. The molecule has 0 N–H and O–H groups in total. The number of hydrogen-bond acceptors (Lipinski definition) is 3. The van der Waals surface area contributed by atoms with Crippen LogP contribution >= 0.6 is 0 Å². The van der Waals surface area contributed by atoms with Crippen LogP contribution in [0.5, 0.6) is 0 Å². The molecule has 19 heavy (non-hydrogen) atoms. The Kier molecular flexibility index (Phi) is 15.8. The van der Waals surface area contributed by atoms with Crippen molar-refractivity contribution >= 4 is 38.5 Å². The third-order valence-electron chi connectivity index (χ3n) is 2.47. The Bertz CT molecular complexity index is 235. The Balaban J connectivity index is 0. The molecule has 0 spiro atoms. The second-order valence-corrected chi connectivity index (χ2v) is 8.78. The summed E-state index contributed by atoms with van der Waals surface area (Å²) in [6.45, 7) is 8.20. The average molecular weight is 374 g/mol. The molecule has 4 heteroatoms. The van der Waals surface area contributed by atoms with Crippen molar-refractivity contribution in [3.63, 3.8) is 0 Å².